The van der Waals surface area contributed by atoms with E-state index in [0.29, 0.717) is 12.0 Å². The second-order valence-electron chi connectivity index (χ2n) is 16.3. The molecular formula is C37H48O13. The molecule has 4 heterocycles. The Balaban J connectivity index is 1.47. The number of carbonyl (C=O) groups excluding carboxylic acids is 3. The van der Waals surface area contributed by atoms with Gasteiger partial charge in [-0.25, -0.2) is 0 Å². The lowest BCUT2D eigenvalue weighted by Crippen LogP contribution is -2.94. The number of ether oxygens (including phenoxy) is 7. The van der Waals surface area contributed by atoms with Crippen LogP contribution in [-0.2, 0) is 47.5 Å². The standard InChI is InChI=1S/C37H48O13/c1-9-19(3)17-45-29-31(6)23(16-24(39)43-8)32(7)33-13-12-30(5)22(15-25(40)46-26(30)21-11-14-44-18-21)35(33)28(42)36(29,47-20(4)38)37(32,27(31)41)50-34(10-2,48-33)49-35/h9,11,14,18,22-23,26-29,41-42H,10,12-13,15-17H2,1-8H3/b19-9+/t22-,23+,26+,27-,28+,29+,30-,31+,32+,33+,34+,35-,36-,37-/m1/s1. The average molecular weight is 701 g/mol. The predicted octanol–water partition coefficient (Wildman–Crippen LogP) is 3.65. The molecule has 1 aromatic rings. The van der Waals surface area contributed by atoms with Crippen LogP contribution in [0.1, 0.15) is 92.2 Å². The van der Waals surface area contributed by atoms with Crippen LogP contribution in [0.15, 0.2) is 34.7 Å². The molecule has 7 fully saturated rings. The first-order valence-corrected chi connectivity index (χ1v) is 17.7. The van der Waals surface area contributed by atoms with Crippen molar-refractivity contribution in [3.05, 3.63) is 35.8 Å². The summed E-state index contributed by atoms with van der Waals surface area (Å²) >= 11 is 0. The summed E-state index contributed by atoms with van der Waals surface area (Å²) in [7, 11) is 1.31. The molecule has 2 N–H and O–H groups in total. The molecule has 13 nitrogen and oxygen atoms in total. The molecule has 7 aliphatic rings. The van der Waals surface area contributed by atoms with Crippen LogP contribution in [0.2, 0.25) is 0 Å². The van der Waals surface area contributed by atoms with Gasteiger partial charge in [-0.3, -0.25) is 14.4 Å². The number of furan rings is 1. The van der Waals surface area contributed by atoms with Gasteiger partial charge in [-0.05, 0) is 38.7 Å². The van der Waals surface area contributed by atoms with Gasteiger partial charge < -0.3 is 47.8 Å². The van der Waals surface area contributed by atoms with E-state index >= 15 is 0 Å². The van der Waals surface area contributed by atoms with Gasteiger partial charge in [0.1, 0.15) is 29.5 Å². The molecule has 4 saturated carbocycles. The molecule has 0 amide bonds. The number of hydrogen-bond donors (Lipinski definition) is 2. The van der Waals surface area contributed by atoms with E-state index in [1.807, 2.05) is 47.6 Å². The van der Waals surface area contributed by atoms with Gasteiger partial charge in [-0.15, -0.1) is 0 Å². The fourth-order valence-electron chi connectivity index (χ4n) is 12.8. The highest BCUT2D eigenvalue weighted by Gasteiger charge is 3.06. The zero-order chi connectivity index (χ0) is 36.1. The molecule has 13 heteroatoms. The molecule has 14 atom stereocenters. The Morgan fingerprint density at radius 3 is 2.44 bits per heavy atom. The lowest BCUT2D eigenvalue weighted by molar-refractivity contribution is -0.488. The van der Waals surface area contributed by atoms with Crippen LogP contribution in [0.25, 0.3) is 0 Å². The van der Waals surface area contributed by atoms with Crippen molar-refractivity contribution in [2.45, 2.75) is 133 Å². The summed E-state index contributed by atoms with van der Waals surface area (Å²) in [5, 5.41) is 26.5. The van der Waals surface area contributed by atoms with E-state index < -0.39 is 98.8 Å². The topological polar surface area (TPSA) is 169 Å². The highest BCUT2D eigenvalue weighted by atomic mass is 16.9. The second kappa shape index (κ2) is 10.2. The second-order valence-corrected chi connectivity index (χ2v) is 16.3. The first-order valence-electron chi connectivity index (χ1n) is 17.7. The summed E-state index contributed by atoms with van der Waals surface area (Å²) in [5.74, 6) is -5.14. The Morgan fingerprint density at radius 1 is 1.08 bits per heavy atom. The zero-order valence-corrected chi connectivity index (χ0v) is 29.9. The van der Waals surface area contributed by atoms with Crippen molar-refractivity contribution in [3.63, 3.8) is 0 Å². The molecule has 1 aromatic heterocycles. The summed E-state index contributed by atoms with van der Waals surface area (Å²) in [6, 6.07) is 1.75. The van der Waals surface area contributed by atoms with Crippen LogP contribution < -0.4 is 0 Å². The lowest BCUT2D eigenvalue weighted by Gasteiger charge is -2.77. The molecule has 0 aromatic carbocycles. The number of methoxy groups -OCH3 is 1. The Morgan fingerprint density at radius 2 is 1.82 bits per heavy atom. The molecule has 0 unspecified atom stereocenters. The Kier molecular flexibility index (Phi) is 6.99. The molecule has 4 aliphatic carbocycles. The van der Waals surface area contributed by atoms with E-state index in [-0.39, 0.29) is 32.3 Å². The van der Waals surface area contributed by atoms with Gasteiger partial charge in [0.15, 0.2) is 11.2 Å². The Labute approximate surface area is 290 Å². The number of aliphatic hydroxyl groups is 2. The molecular weight excluding hydrogens is 652 g/mol. The van der Waals surface area contributed by atoms with Crippen LogP contribution in [0.5, 0.6) is 0 Å². The van der Waals surface area contributed by atoms with E-state index in [1.54, 1.807) is 12.3 Å². The molecule has 8 rings (SSSR count). The van der Waals surface area contributed by atoms with Crippen molar-refractivity contribution >= 4 is 17.9 Å². The number of esters is 3. The maximum Gasteiger partial charge on any atom is 0.306 e. The van der Waals surface area contributed by atoms with Gasteiger partial charge in [0.25, 0.3) is 5.97 Å². The summed E-state index contributed by atoms with van der Waals surface area (Å²) in [6.45, 7) is 12.6. The smallest absolute Gasteiger partial charge is 0.306 e. The van der Waals surface area contributed by atoms with Gasteiger partial charge >= 0.3 is 17.9 Å². The summed E-state index contributed by atoms with van der Waals surface area (Å²) in [4.78, 5) is 40.7. The number of carbonyl (C=O) groups is 3. The molecule has 3 aliphatic heterocycles. The maximum absolute atomic E-state index is 13.8. The average Bonchev–Trinajstić information content (AvgIpc) is 3.76. The van der Waals surface area contributed by atoms with Crippen LogP contribution in [-0.4, -0.2) is 88.5 Å². The quantitative estimate of drug-likeness (QED) is 0.229. The SMILES string of the molecule is C/C=C(\C)CO[C@H]1[C@]2(C)[C@@H](O)[C@@]34O[C@]5(CC)O[C@]6([C@@H]7CC(=O)O[C@@H](c8ccoc8)[C@]7(C)CC[C@]6(O5)[C@]3(C)[C@H]2CC(=O)OC)[C@H](O)[C@@]14OC(C)=O. The van der Waals surface area contributed by atoms with Crippen molar-refractivity contribution in [3.8, 4) is 0 Å². The van der Waals surface area contributed by atoms with Gasteiger partial charge in [0, 0.05) is 47.5 Å². The van der Waals surface area contributed by atoms with Gasteiger partial charge in [-0.1, -0.05) is 39.3 Å². The minimum atomic E-state index is -2.09. The Bertz CT molecular complexity index is 1670. The maximum atomic E-state index is 13.8. The predicted molar refractivity (Wildman–Crippen MR) is 169 cm³/mol. The number of fused-ring (bicyclic) bond motifs is 3. The summed E-state index contributed by atoms with van der Waals surface area (Å²) < 4.78 is 51.6. The number of rotatable bonds is 8. The number of hydrogen-bond acceptors (Lipinski definition) is 13. The van der Waals surface area contributed by atoms with E-state index in [4.69, 9.17) is 37.6 Å². The molecule has 50 heavy (non-hydrogen) atoms. The van der Waals surface area contributed by atoms with Crippen LogP contribution in [0, 0.1) is 28.1 Å². The van der Waals surface area contributed by atoms with Crippen molar-refractivity contribution in [1.82, 2.24) is 0 Å². The van der Waals surface area contributed by atoms with Crippen LogP contribution in [0.4, 0.5) is 0 Å². The number of allylic oxidation sites excluding steroid dienone is 1. The Hall–Kier alpha value is -2.81. The highest BCUT2D eigenvalue weighted by molar-refractivity contribution is 5.74. The van der Waals surface area contributed by atoms with Gasteiger partial charge in [-0.2, -0.15) is 0 Å². The van der Waals surface area contributed by atoms with E-state index in [9.17, 15) is 24.6 Å². The summed E-state index contributed by atoms with van der Waals surface area (Å²) in [6.07, 6.45) is 0.315. The largest absolute Gasteiger partial charge is 0.472 e. The fraction of sp³-hybridized carbons (Fsp3) is 0.757. The van der Waals surface area contributed by atoms with E-state index in [0.717, 1.165) is 5.57 Å². The fourth-order valence-corrected chi connectivity index (χ4v) is 12.8. The third kappa shape index (κ3) is 3.27. The molecule has 0 radical (unpaired) electrons. The molecule has 274 valence electrons. The van der Waals surface area contributed by atoms with Gasteiger partial charge in [0.2, 0.25) is 0 Å². The molecule has 2 spiro atoms. The minimum absolute atomic E-state index is 0.0708. The first kappa shape index (κ1) is 34.3. The van der Waals surface area contributed by atoms with Crippen molar-refractivity contribution in [2.24, 2.45) is 28.1 Å². The van der Waals surface area contributed by atoms with E-state index in [2.05, 4.69) is 0 Å². The van der Waals surface area contributed by atoms with Crippen molar-refractivity contribution in [1.29, 1.82) is 0 Å². The number of aliphatic hydroxyl groups excluding tert-OH is 2. The third-order valence-corrected chi connectivity index (χ3v) is 14.7. The van der Waals surface area contributed by atoms with E-state index in [1.165, 1.54) is 20.3 Å². The monoisotopic (exact) mass is 700 g/mol. The molecule has 3 saturated heterocycles. The number of cyclic esters (lactones) is 1. The van der Waals surface area contributed by atoms with Crippen LogP contribution >= 0.6 is 0 Å². The van der Waals surface area contributed by atoms with Crippen LogP contribution in [0.3, 0.4) is 0 Å². The normalized spacial score (nSPS) is 52.4. The van der Waals surface area contributed by atoms with Crippen molar-refractivity contribution < 1.29 is 62.2 Å². The minimum Gasteiger partial charge on any atom is -0.472 e. The first-order chi connectivity index (χ1) is 23.5. The van der Waals surface area contributed by atoms with Gasteiger partial charge in [0.05, 0.1) is 38.8 Å². The summed E-state index contributed by atoms with van der Waals surface area (Å²) in [5.41, 5.74) is -9.30. The van der Waals surface area contributed by atoms with Crippen molar-refractivity contribution in [2.75, 3.05) is 13.7 Å². The zero-order valence-electron chi connectivity index (χ0n) is 29.9. The highest BCUT2D eigenvalue weighted by Crippen LogP contribution is 2.90. The third-order valence-electron chi connectivity index (χ3n) is 14.7. The molecule has 4 bridgehead atoms. The lowest BCUT2D eigenvalue weighted by atomic mass is 9.33.